The first-order chi connectivity index (χ1) is 11.3. The molecule has 2 rings (SSSR count). The van der Waals surface area contributed by atoms with Crippen LogP contribution in [-0.4, -0.2) is 61.1 Å². The molecule has 1 fully saturated rings. The van der Waals surface area contributed by atoms with Gasteiger partial charge in [-0.1, -0.05) is 11.6 Å². The highest BCUT2D eigenvalue weighted by Gasteiger charge is 2.16. The van der Waals surface area contributed by atoms with E-state index < -0.39 is 11.7 Å². The van der Waals surface area contributed by atoms with Crippen molar-refractivity contribution in [3.05, 3.63) is 11.2 Å². The summed E-state index contributed by atoms with van der Waals surface area (Å²) in [4.78, 5) is 22.3. The molecule has 0 atom stereocenters. The van der Waals surface area contributed by atoms with E-state index in [1.807, 2.05) is 25.7 Å². The predicted octanol–water partition coefficient (Wildman–Crippen LogP) is 1.90. The van der Waals surface area contributed by atoms with Crippen LogP contribution in [0.5, 0.6) is 0 Å². The van der Waals surface area contributed by atoms with Crippen LogP contribution in [0, 0.1) is 0 Å². The third-order valence-corrected chi connectivity index (χ3v) is 3.27. The fraction of sp³-hybridized carbons (Fsp3) is 0.667. The van der Waals surface area contributed by atoms with E-state index in [0.29, 0.717) is 43.2 Å². The molecule has 0 saturated carbocycles. The lowest BCUT2D eigenvalue weighted by atomic mass is 10.2. The second kappa shape index (κ2) is 8.34. The number of carbonyl (C=O) groups excluding carboxylic acids is 1. The van der Waals surface area contributed by atoms with E-state index in [2.05, 4.69) is 20.6 Å². The summed E-state index contributed by atoms with van der Waals surface area (Å²) in [5, 5.41) is 6.16. The van der Waals surface area contributed by atoms with E-state index in [-0.39, 0.29) is 0 Å². The number of carbonyl (C=O) groups is 1. The largest absolute Gasteiger partial charge is 0.444 e. The Kier molecular flexibility index (Phi) is 6.44. The predicted molar refractivity (Wildman–Crippen MR) is 92.8 cm³/mol. The molecule has 0 unspecified atom stereocenters. The molecule has 2 heterocycles. The highest BCUT2D eigenvalue weighted by Crippen LogP contribution is 2.18. The van der Waals surface area contributed by atoms with Gasteiger partial charge in [-0.3, -0.25) is 0 Å². The standard InChI is InChI=1S/C15H24ClN5O3/c1-15(2,3)24-14(22)18-5-4-17-12-10-11(16)19-13(20-12)21-6-8-23-9-7-21/h10H,4-9H2,1-3H3,(H,18,22)(H,17,19,20). The molecule has 8 nitrogen and oxygen atoms in total. The van der Waals surface area contributed by atoms with Crippen LogP contribution in [0.4, 0.5) is 16.6 Å². The number of amides is 1. The molecule has 0 aliphatic carbocycles. The molecular formula is C15H24ClN5O3. The van der Waals surface area contributed by atoms with E-state index in [9.17, 15) is 4.79 Å². The molecule has 1 saturated heterocycles. The number of morpholine rings is 1. The van der Waals surface area contributed by atoms with Crippen LogP contribution < -0.4 is 15.5 Å². The summed E-state index contributed by atoms with van der Waals surface area (Å²) >= 11 is 6.07. The molecule has 1 aromatic rings. The molecule has 0 aromatic carbocycles. The van der Waals surface area contributed by atoms with Gasteiger partial charge in [-0.2, -0.15) is 4.98 Å². The number of aromatic nitrogens is 2. The van der Waals surface area contributed by atoms with Gasteiger partial charge >= 0.3 is 6.09 Å². The molecule has 1 aromatic heterocycles. The monoisotopic (exact) mass is 357 g/mol. The first-order valence-corrected chi connectivity index (χ1v) is 8.29. The zero-order valence-electron chi connectivity index (χ0n) is 14.3. The summed E-state index contributed by atoms with van der Waals surface area (Å²) in [6.07, 6.45) is -0.445. The SMILES string of the molecule is CC(C)(C)OC(=O)NCCNc1cc(Cl)nc(N2CCOCC2)n1. The van der Waals surface area contributed by atoms with Crippen LogP contribution in [0.1, 0.15) is 20.8 Å². The molecule has 2 N–H and O–H groups in total. The van der Waals surface area contributed by atoms with Crippen molar-refractivity contribution in [1.29, 1.82) is 0 Å². The van der Waals surface area contributed by atoms with Gasteiger partial charge in [0.1, 0.15) is 16.6 Å². The average Bonchev–Trinajstić information content (AvgIpc) is 2.50. The molecule has 9 heteroatoms. The van der Waals surface area contributed by atoms with Gasteiger partial charge < -0.3 is 25.0 Å². The third kappa shape index (κ3) is 6.37. The number of hydrogen-bond donors (Lipinski definition) is 2. The second-order valence-electron chi connectivity index (χ2n) is 6.33. The summed E-state index contributed by atoms with van der Waals surface area (Å²) in [6.45, 7) is 9.14. The van der Waals surface area contributed by atoms with Gasteiger partial charge in [0.15, 0.2) is 0 Å². The molecule has 1 aliphatic rings. The summed E-state index contributed by atoms with van der Waals surface area (Å²) in [5.74, 6) is 1.19. The number of nitrogens with one attached hydrogen (secondary N) is 2. The maximum atomic E-state index is 11.6. The molecule has 1 amide bonds. The van der Waals surface area contributed by atoms with Crippen molar-refractivity contribution in [3.8, 4) is 0 Å². The molecular weight excluding hydrogens is 334 g/mol. The summed E-state index contributed by atoms with van der Waals surface area (Å²) in [5.41, 5.74) is -0.509. The maximum Gasteiger partial charge on any atom is 0.407 e. The van der Waals surface area contributed by atoms with E-state index in [0.717, 1.165) is 13.1 Å². The zero-order valence-corrected chi connectivity index (χ0v) is 15.0. The summed E-state index contributed by atoms with van der Waals surface area (Å²) < 4.78 is 10.5. The van der Waals surface area contributed by atoms with Gasteiger partial charge in [0, 0.05) is 32.2 Å². The van der Waals surface area contributed by atoms with E-state index in [1.54, 1.807) is 6.07 Å². The number of ether oxygens (including phenoxy) is 2. The number of alkyl carbamates (subject to hydrolysis) is 1. The van der Waals surface area contributed by atoms with Crippen molar-refractivity contribution >= 4 is 29.5 Å². The molecule has 0 spiro atoms. The van der Waals surface area contributed by atoms with Crippen LogP contribution in [0.15, 0.2) is 6.07 Å². The van der Waals surface area contributed by atoms with Gasteiger partial charge in [-0.25, -0.2) is 9.78 Å². The first kappa shape index (κ1) is 18.5. The van der Waals surface area contributed by atoms with Crippen molar-refractivity contribution in [2.24, 2.45) is 0 Å². The lowest BCUT2D eigenvalue weighted by Gasteiger charge is -2.27. The van der Waals surface area contributed by atoms with Crippen LogP contribution in [-0.2, 0) is 9.47 Å². The van der Waals surface area contributed by atoms with Gasteiger partial charge in [0.05, 0.1) is 13.2 Å². The van der Waals surface area contributed by atoms with E-state index in [1.165, 1.54) is 0 Å². The van der Waals surface area contributed by atoms with Gasteiger partial charge in [0.25, 0.3) is 0 Å². The Morgan fingerprint density at radius 2 is 2.04 bits per heavy atom. The van der Waals surface area contributed by atoms with Crippen LogP contribution in [0.2, 0.25) is 5.15 Å². The fourth-order valence-corrected chi connectivity index (χ4v) is 2.25. The maximum absolute atomic E-state index is 11.6. The Morgan fingerprint density at radius 3 is 2.71 bits per heavy atom. The van der Waals surface area contributed by atoms with Gasteiger partial charge in [-0.05, 0) is 20.8 Å². The topological polar surface area (TPSA) is 88.6 Å². The Morgan fingerprint density at radius 1 is 1.33 bits per heavy atom. The molecule has 1 aliphatic heterocycles. The second-order valence-corrected chi connectivity index (χ2v) is 6.72. The van der Waals surface area contributed by atoms with Crippen LogP contribution in [0.25, 0.3) is 0 Å². The Bertz CT molecular complexity index is 559. The molecule has 24 heavy (non-hydrogen) atoms. The minimum atomic E-state index is -0.509. The Balaban J connectivity index is 1.82. The Hall–Kier alpha value is -1.80. The average molecular weight is 358 g/mol. The normalized spacial score (nSPS) is 15.1. The lowest BCUT2D eigenvalue weighted by Crippen LogP contribution is -2.37. The van der Waals surface area contributed by atoms with Crippen molar-refractivity contribution < 1.29 is 14.3 Å². The van der Waals surface area contributed by atoms with E-state index >= 15 is 0 Å². The van der Waals surface area contributed by atoms with Crippen molar-refractivity contribution in [2.45, 2.75) is 26.4 Å². The van der Waals surface area contributed by atoms with Crippen LogP contribution >= 0.6 is 11.6 Å². The minimum absolute atomic E-state index is 0.370. The highest BCUT2D eigenvalue weighted by atomic mass is 35.5. The van der Waals surface area contributed by atoms with Crippen molar-refractivity contribution in [3.63, 3.8) is 0 Å². The van der Waals surface area contributed by atoms with Crippen molar-refractivity contribution in [1.82, 2.24) is 15.3 Å². The third-order valence-electron chi connectivity index (χ3n) is 3.08. The molecule has 0 radical (unpaired) electrons. The van der Waals surface area contributed by atoms with E-state index in [4.69, 9.17) is 21.1 Å². The number of hydrogen-bond acceptors (Lipinski definition) is 7. The zero-order chi connectivity index (χ0) is 17.6. The number of nitrogens with zero attached hydrogens (tertiary/aromatic N) is 3. The fourth-order valence-electron chi connectivity index (χ4n) is 2.07. The highest BCUT2D eigenvalue weighted by molar-refractivity contribution is 6.29. The van der Waals surface area contributed by atoms with Crippen molar-refractivity contribution in [2.75, 3.05) is 49.6 Å². The minimum Gasteiger partial charge on any atom is -0.444 e. The first-order valence-electron chi connectivity index (χ1n) is 7.91. The van der Waals surface area contributed by atoms with Gasteiger partial charge in [-0.15, -0.1) is 0 Å². The molecule has 134 valence electrons. The number of rotatable bonds is 5. The summed E-state index contributed by atoms with van der Waals surface area (Å²) in [6, 6.07) is 1.65. The smallest absolute Gasteiger partial charge is 0.407 e. The molecule has 0 bridgehead atoms. The lowest BCUT2D eigenvalue weighted by molar-refractivity contribution is 0.0530. The summed E-state index contributed by atoms with van der Waals surface area (Å²) in [7, 11) is 0. The number of anilines is 2. The van der Waals surface area contributed by atoms with Gasteiger partial charge in [0.2, 0.25) is 5.95 Å². The van der Waals surface area contributed by atoms with Crippen LogP contribution in [0.3, 0.4) is 0 Å². The quantitative estimate of drug-likeness (QED) is 0.614. The Labute approximate surface area is 146 Å². The number of halogens is 1.